The van der Waals surface area contributed by atoms with Crippen LogP contribution >= 0.6 is 0 Å². The minimum atomic E-state index is -2.57. The first-order chi connectivity index (χ1) is 7.13. The Morgan fingerprint density at radius 3 is 1.67 bits per heavy atom. The molecule has 1 rings (SSSR count). The number of alkyl halides is 2. The Hall–Kier alpha value is -1.52. The normalized spacial score (nSPS) is 10.3. The molecule has 0 bridgehead atoms. The first kappa shape index (κ1) is 11.6. The summed E-state index contributed by atoms with van der Waals surface area (Å²) >= 11 is 0. The second-order valence-electron chi connectivity index (χ2n) is 2.76. The maximum absolute atomic E-state index is 12.5. The highest BCUT2D eigenvalue weighted by molar-refractivity contribution is 5.54. The summed E-state index contributed by atoms with van der Waals surface area (Å²) in [6, 6.07) is 2.46. The molecule has 0 aliphatic carbocycles. The number of rotatable bonds is 4. The lowest BCUT2D eigenvalue weighted by molar-refractivity contribution is 0.150. The molecule has 0 aromatic heterocycles. The van der Waals surface area contributed by atoms with Crippen molar-refractivity contribution >= 4 is 0 Å². The van der Waals surface area contributed by atoms with Gasteiger partial charge in [-0.3, -0.25) is 0 Å². The van der Waals surface area contributed by atoms with Crippen LogP contribution in [-0.2, 0) is 0 Å². The van der Waals surface area contributed by atoms with E-state index in [9.17, 15) is 8.78 Å². The Balaban J connectivity index is 3.29. The van der Waals surface area contributed by atoms with Gasteiger partial charge in [0.1, 0.15) is 0 Å². The molecule has 0 atom stereocenters. The molecule has 0 amide bonds. The van der Waals surface area contributed by atoms with Crippen LogP contribution in [0.5, 0.6) is 17.2 Å². The highest BCUT2D eigenvalue weighted by Gasteiger charge is 2.17. The third-order valence-electron chi connectivity index (χ3n) is 1.94. The highest BCUT2D eigenvalue weighted by atomic mass is 19.3. The van der Waals surface area contributed by atoms with E-state index in [1.165, 1.54) is 33.5 Å². The van der Waals surface area contributed by atoms with Gasteiger partial charge in [-0.05, 0) is 12.1 Å². The van der Waals surface area contributed by atoms with E-state index in [1.54, 1.807) is 0 Å². The fraction of sp³-hybridized carbons (Fsp3) is 0.400. The Labute approximate surface area is 86.6 Å². The van der Waals surface area contributed by atoms with Gasteiger partial charge in [0.05, 0.1) is 21.3 Å². The van der Waals surface area contributed by atoms with Crippen molar-refractivity contribution in [2.45, 2.75) is 6.43 Å². The summed E-state index contributed by atoms with van der Waals surface area (Å²) in [5.41, 5.74) is -0.162. The van der Waals surface area contributed by atoms with Crippen molar-refractivity contribution in [1.82, 2.24) is 0 Å². The second kappa shape index (κ2) is 4.82. The first-order valence-electron chi connectivity index (χ1n) is 4.22. The van der Waals surface area contributed by atoms with Gasteiger partial charge < -0.3 is 14.2 Å². The molecule has 0 fully saturated rings. The zero-order chi connectivity index (χ0) is 11.4. The molecule has 0 spiro atoms. The molecule has 0 radical (unpaired) electrons. The summed E-state index contributed by atoms with van der Waals surface area (Å²) in [7, 11) is 4.18. The summed E-state index contributed by atoms with van der Waals surface area (Å²) in [5.74, 6) is 0.767. The van der Waals surface area contributed by atoms with Crippen molar-refractivity contribution in [3.05, 3.63) is 17.7 Å². The van der Waals surface area contributed by atoms with Crippen LogP contribution < -0.4 is 14.2 Å². The third-order valence-corrected chi connectivity index (χ3v) is 1.94. The molecular formula is C10H12F2O3. The standard InChI is InChI=1S/C10H12F2O3/c1-13-7-4-6(10(11)12)5-8(14-2)9(7)15-3/h4-5,10H,1-3H3. The van der Waals surface area contributed by atoms with Gasteiger partial charge in [-0.15, -0.1) is 0 Å². The Kier molecular flexibility index (Phi) is 3.71. The van der Waals surface area contributed by atoms with Gasteiger partial charge in [0.15, 0.2) is 11.5 Å². The minimum absolute atomic E-state index is 0.162. The second-order valence-corrected chi connectivity index (χ2v) is 2.76. The summed E-state index contributed by atoms with van der Waals surface area (Å²) in [6.07, 6.45) is -2.57. The van der Waals surface area contributed by atoms with Gasteiger partial charge in [-0.1, -0.05) is 0 Å². The molecule has 1 aromatic carbocycles. The van der Waals surface area contributed by atoms with Crippen LogP contribution in [0.4, 0.5) is 8.78 Å². The van der Waals surface area contributed by atoms with Crippen molar-refractivity contribution < 1.29 is 23.0 Å². The monoisotopic (exact) mass is 218 g/mol. The highest BCUT2D eigenvalue weighted by Crippen LogP contribution is 2.40. The summed E-state index contributed by atoms with van der Waals surface area (Å²) in [4.78, 5) is 0. The Morgan fingerprint density at radius 1 is 0.933 bits per heavy atom. The van der Waals surface area contributed by atoms with Crippen molar-refractivity contribution in [2.24, 2.45) is 0 Å². The van der Waals surface area contributed by atoms with E-state index in [4.69, 9.17) is 14.2 Å². The largest absolute Gasteiger partial charge is 0.493 e. The molecule has 0 N–H and O–H groups in total. The van der Waals surface area contributed by atoms with Crippen LogP contribution in [0.15, 0.2) is 12.1 Å². The summed E-state index contributed by atoms with van der Waals surface area (Å²) < 4.78 is 39.8. The van der Waals surface area contributed by atoms with Crippen LogP contribution in [-0.4, -0.2) is 21.3 Å². The molecule has 1 aromatic rings. The predicted octanol–water partition coefficient (Wildman–Crippen LogP) is 2.65. The maximum atomic E-state index is 12.5. The molecule has 0 saturated carbocycles. The quantitative estimate of drug-likeness (QED) is 0.777. The predicted molar refractivity (Wildman–Crippen MR) is 51.1 cm³/mol. The zero-order valence-electron chi connectivity index (χ0n) is 8.71. The minimum Gasteiger partial charge on any atom is -0.493 e. The number of halogens is 2. The summed E-state index contributed by atoms with van der Waals surface area (Å²) in [5, 5.41) is 0. The molecule has 3 nitrogen and oxygen atoms in total. The number of benzene rings is 1. The lowest BCUT2D eigenvalue weighted by Crippen LogP contribution is -1.97. The first-order valence-corrected chi connectivity index (χ1v) is 4.22. The average Bonchev–Trinajstić information content (AvgIpc) is 2.26. The molecule has 0 aliphatic rings. The van der Waals surface area contributed by atoms with E-state index >= 15 is 0 Å². The van der Waals surface area contributed by atoms with E-state index in [-0.39, 0.29) is 17.1 Å². The smallest absolute Gasteiger partial charge is 0.264 e. The van der Waals surface area contributed by atoms with E-state index in [0.29, 0.717) is 5.75 Å². The molecule has 0 saturated heterocycles. The topological polar surface area (TPSA) is 27.7 Å². The fourth-order valence-corrected chi connectivity index (χ4v) is 1.23. The van der Waals surface area contributed by atoms with Gasteiger partial charge in [0.2, 0.25) is 5.75 Å². The molecule has 84 valence electrons. The third kappa shape index (κ3) is 2.29. The van der Waals surface area contributed by atoms with Crippen LogP contribution in [0, 0.1) is 0 Å². The van der Waals surface area contributed by atoms with E-state index < -0.39 is 6.43 Å². The summed E-state index contributed by atoms with van der Waals surface area (Å²) in [6.45, 7) is 0. The molecule has 0 aliphatic heterocycles. The number of hydrogen-bond acceptors (Lipinski definition) is 3. The number of hydrogen-bond donors (Lipinski definition) is 0. The van der Waals surface area contributed by atoms with Gasteiger partial charge in [0, 0.05) is 5.56 Å². The van der Waals surface area contributed by atoms with Gasteiger partial charge in [-0.25, -0.2) is 8.78 Å². The van der Waals surface area contributed by atoms with Gasteiger partial charge >= 0.3 is 0 Å². The van der Waals surface area contributed by atoms with Crippen molar-refractivity contribution in [2.75, 3.05) is 21.3 Å². The lowest BCUT2D eigenvalue weighted by atomic mass is 10.2. The van der Waals surface area contributed by atoms with Crippen molar-refractivity contribution in [3.8, 4) is 17.2 Å². The Bertz CT molecular complexity index is 314. The number of ether oxygens (including phenoxy) is 3. The van der Waals surface area contributed by atoms with Gasteiger partial charge in [-0.2, -0.15) is 0 Å². The average molecular weight is 218 g/mol. The number of methoxy groups -OCH3 is 3. The SMILES string of the molecule is COc1cc(C(F)F)cc(OC)c1OC. The molecule has 0 heterocycles. The van der Waals surface area contributed by atoms with Gasteiger partial charge in [0.25, 0.3) is 6.43 Å². The molecular weight excluding hydrogens is 206 g/mol. The Morgan fingerprint density at radius 2 is 1.40 bits per heavy atom. The van der Waals surface area contributed by atoms with Crippen LogP contribution in [0.25, 0.3) is 0 Å². The van der Waals surface area contributed by atoms with Crippen LogP contribution in [0.1, 0.15) is 12.0 Å². The molecule has 15 heavy (non-hydrogen) atoms. The van der Waals surface area contributed by atoms with Crippen molar-refractivity contribution in [3.63, 3.8) is 0 Å². The zero-order valence-corrected chi connectivity index (χ0v) is 8.71. The maximum Gasteiger partial charge on any atom is 0.264 e. The van der Waals surface area contributed by atoms with Crippen molar-refractivity contribution in [1.29, 1.82) is 0 Å². The molecule has 5 heteroatoms. The lowest BCUT2D eigenvalue weighted by Gasteiger charge is -2.13. The van der Waals surface area contributed by atoms with E-state index in [1.807, 2.05) is 0 Å². The van der Waals surface area contributed by atoms with Crippen LogP contribution in [0.2, 0.25) is 0 Å². The van der Waals surface area contributed by atoms with E-state index in [0.717, 1.165) is 0 Å². The van der Waals surface area contributed by atoms with E-state index in [2.05, 4.69) is 0 Å². The van der Waals surface area contributed by atoms with Crippen LogP contribution in [0.3, 0.4) is 0 Å². The molecule has 0 unspecified atom stereocenters. The fourth-order valence-electron chi connectivity index (χ4n) is 1.23.